The lowest BCUT2D eigenvalue weighted by atomic mass is 9.80. The first-order chi connectivity index (χ1) is 11.7. The lowest BCUT2D eigenvalue weighted by Crippen LogP contribution is -2.45. The zero-order valence-electron chi connectivity index (χ0n) is 15.1. The molecule has 25 heavy (non-hydrogen) atoms. The third-order valence-corrected chi connectivity index (χ3v) is 4.11. The van der Waals surface area contributed by atoms with Gasteiger partial charge in [-0.25, -0.2) is 4.79 Å². The quantitative estimate of drug-likeness (QED) is 0.584. The molecule has 0 saturated heterocycles. The molecule has 5 heteroatoms. The van der Waals surface area contributed by atoms with Gasteiger partial charge in [0.05, 0.1) is 0 Å². The number of carbonyl (C=O) groups excluding carboxylic acids is 3. The molecule has 2 atom stereocenters. The smallest absolute Gasteiger partial charge is 0.331 e. The van der Waals surface area contributed by atoms with Gasteiger partial charge in [-0.3, -0.25) is 9.59 Å². The largest absolute Gasteiger partial charge is 0.460 e. The number of Topliss-reactive ketones (excluding diaryl/α,β-unsaturated/α-hetero) is 1. The van der Waals surface area contributed by atoms with Crippen molar-refractivity contribution in [1.29, 1.82) is 0 Å². The van der Waals surface area contributed by atoms with Crippen LogP contribution in [-0.4, -0.2) is 28.9 Å². The Kier molecular flexibility index (Phi) is 5.45. The third-order valence-electron chi connectivity index (χ3n) is 4.11. The van der Waals surface area contributed by atoms with Gasteiger partial charge in [0, 0.05) is 18.1 Å². The molecule has 0 spiro atoms. The van der Waals surface area contributed by atoms with Crippen LogP contribution in [0.2, 0.25) is 0 Å². The number of rotatable bonds is 6. The minimum atomic E-state index is -1.15. The van der Waals surface area contributed by atoms with Crippen molar-refractivity contribution >= 4 is 17.7 Å². The second-order valence-electron chi connectivity index (χ2n) is 7.14. The average Bonchev–Trinajstić information content (AvgIpc) is 2.93. The zero-order valence-corrected chi connectivity index (χ0v) is 15.1. The van der Waals surface area contributed by atoms with Gasteiger partial charge in [-0.2, -0.15) is 0 Å². The van der Waals surface area contributed by atoms with Crippen molar-refractivity contribution in [3.05, 3.63) is 48.0 Å². The normalized spacial score (nSPS) is 20.9. The number of esters is 2. The van der Waals surface area contributed by atoms with E-state index in [1.165, 1.54) is 6.08 Å². The average molecular weight is 344 g/mol. The summed E-state index contributed by atoms with van der Waals surface area (Å²) in [5, 5.41) is 0. The van der Waals surface area contributed by atoms with Crippen molar-refractivity contribution in [1.82, 2.24) is 0 Å². The molecule has 134 valence electrons. The fourth-order valence-electron chi connectivity index (χ4n) is 2.84. The van der Waals surface area contributed by atoms with Crippen LogP contribution in [0.4, 0.5) is 0 Å². The van der Waals surface area contributed by atoms with E-state index < -0.39 is 29.1 Å². The summed E-state index contributed by atoms with van der Waals surface area (Å²) >= 11 is 0. The van der Waals surface area contributed by atoms with E-state index in [0.29, 0.717) is 12.0 Å². The van der Waals surface area contributed by atoms with Crippen molar-refractivity contribution in [3.63, 3.8) is 0 Å². The number of carbonyl (C=O) groups is 3. The highest BCUT2D eigenvalue weighted by Crippen LogP contribution is 2.36. The van der Waals surface area contributed by atoms with Gasteiger partial charge in [-0.15, -0.1) is 0 Å². The van der Waals surface area contributed by atoms with Crippen LogP contribution < -0.4 is 0 Å². The number of hydrogen-bond donors (Lipinski definition) is 0. The van der Waals surface area contributed by atoms with Crippen LogP contribution in [0.3, 0.4) is 0 Å². The molecule has 0 radical (unpaired) electrons. The molecule has 1 aliphatic heterocycles. The molecule has 0 bridgehead atoms. The molecule has 5 nitrogen and oxygen atoms in total. The fourth-order valence-corrected chi connectivity index (χ4v) is 2.84. The molecule has 0 aliphatic carbocycles. The second-order valence-corrected chi connectivity index (χ2v) is 7.14. The van der Waals surface area contributed by atoms with E-state index in [0.717, 1.165) is 0 Å². The van der Waals surface area contributed by atoms with Crippen LogP contribution in [0.5, 0.6) is 0 Å². The Balaban J connectivity index is 2.32. The predicted molar refractivity (Wildman–Crippen MR) is 93.0 cm³/mol. The minimum Gasteiger partial charge on any atom is -0.460 e. The molecule has 1 aromatic carbocycles. The summed E-state index contributed by atoms with van der Waals surface area (Å²) in [6.45, 7) is 7.09. The summed E-state index contributed by atoms with van der Waals surface area (Å²) in [6.07, 6.45) is 3.15. The molecule has 1 aliphatic rings. The number of cyclic esters (lactones) is 1. The van der Waals surface area contributed by atoms with Crippen molar-refractivity contribution in [2.75, 3.05) is 0 Å². The summed E-state index contributed by atoms with van der Waals surface area (Å²) in [4.78, 5) is 37.1. The first kappa shape index (κ1) is 18.9. The molecule has 1 aromatic rings. The van der Waals surface area contributed by atoms with Crippen molar-refractivity contribution in [3.8, 4) is 0 Å². The Morgan fingerprint density at radius 3 is 2.32 bits per heavy atom. The highest BCUT2D eigenvalue weighted by Gasteiger charge is 2.48. The zero-order chi connectivity index (χ0) is 18.7. The van der Waals surface area contributed by atoms with Crippen LogP contribution in [0.1, 0.15) is 50.9 Å². The topological polar surface area (TPSA) is 69.7 Å². The van der Waals surface area contributed by atoms with Crippen LogP contribution in [0, 0.1) is 5.92 Å². The third kappa shape index (κ3) is 4.56. The SMILES string of the molecule is CCC1(C(CC(=O)c2ccccc2)C(=O)OC(C)(C)C)C=CC(=O)O1. The van der Waals surface area contributed by atoms with Gasteiger partial charge in [-0.1, -0.05) is 37.3 Å². The van der Waals surface area contributed by atoms with Crippen LogP contribution in [-0.2, 0) is 19.1 Å². The molecule has 2 unspecified atom stereocenters. The number of ketones is 1. The van der Waals surface area contributed by atoms with Gasteiger partial charge >= 0.3 is 11.9 Å². The first-order valence-corrected chi connectivity index (χ1v) is 8.40. The standard InChI is InChI=1S/C20H24O5/c1-5-20(12-11-17(22)24-20)15(18(23)25-19(2,3)4)13-16(21)14-9-7-6-8-10-14/h6-12,15H,5,13H2,1-4H3. The minimum absolute atomic E-state index is 0.0929. The van der Waals surface area contributed by atoms with Crippen molar-refractivity contribution in [2.24, 2.45) is 5.92 Å². The maximum Gasteiger partial charge on any atom is 0.331 e. The summed E-state index contributed by atoms with van der Waals surface area (Å²) in [7, 11) is 0. The van der Waals surface area contributed by atoms with E-state index in [9.17, 15) is 14.4 Å². The number of benzene rings is 1. The monoisotopic (exact) mass is 344 g/mol. The van der Waals surface area contributed by atoms with Gasteiger partial charge < -0.3 is 9.47 Å². The van der Waals surface area contributed by atoms with Gasteiger partial charge in [0.1, 0.15) is 17.1 Å². The van der Waals surface area contributed by atoms with Gasteiger partial charge in [0.2, 0.25) is 0 Å². The summed E-state index contributed by atoms with van der Waals surface area (Å²) in [5.41, 5.74) is -1.34. The number of hydrogen-bond acceptors (Lipinski definition) is 5. The number of ether oxygens (including phenoxy) is 2. The summed E-state index contributed by atoms with van der Waals surface area (Å²) in [6, 6.07) is 8.74. The maximum atomic E-state index is 12.8. The highest BCUT2D eigenvalue weighted by molar-refractivity contribution is 5.98. The predicted octanol–water partition coefficient (Wildman–Crippen LogP) is 3.48. The fraction of sp³-hybridized carbons (Fsp3) is 0.450. The van der Waals surface area contributed by atoms with Gasteiger partial charge in [-0.05, 0) is 33.3 Å². The van der Waals surface area contributed by atoms with Crippen molar-refractivity contribution in [2.45, 2.75) is 51.7 Å². The molecule has 0 aromatic heterocycles. The van der Waals surface area contributed by atoms with E-state index >= 15 is 0 Å². The molecule has 0 N–H and O–H groups in total. The lowest BCUT2D eigenvalue weighted by Gasteiger charge is -2.34. The van der Waals surface area contributed by atoms with E-state index in [1.54, 1.807) is 51.1 Å². The van der Waals surface area contributed by atoms with E-state index in [-0.39, 0.29) is 12.2 Å². The summed E-state index contributed by atoms with van der Waals surface area (Å²) < 4.78 is 10.9. The summed E-state index contributed by atoms with van der Waals surface area (Å²) in [5.74, 6) is -2.15. The van der Waals surface area contributed by atoms with Gasteiger partial charge in [0.15, 0.2) is 5.78 Å². The van der Waals surface area contributed by atoms with Crippen molar-refractivity contribution < 1.29 is 23.9 Å². The van der Waals surface area contributed by atoms with E-state index in [2.05, 4.69) is 0 Å². The molecule has 0 saturated carbocycles. The molecular formula is C20H24O5. The molecule has 0 amide bonds. The van der Waals surface area contributed by atoms with E-state index in [4.69, 9.17) is 9.47 Å². The lowest BCUT2D eigenvalue weighted by molar-refractivity contribution is -0.172. The molecule has 2 rings (SSSR count). The highest BCUT2D eigenvalue weighted by atomic mass is 16.6. The Morgan fingerprint density at radius 1 is 1.20 bits per heavy atom. The van der Waals surface area contributed by atoms with E-state index in [1.807, 2.05) is 13.0 Å². The Morgan fingerprint density at radius 2 is 1.84 bits per heavy atom. The maximum absolute atomic E-state index is 12.8. The Labute approximate surface area is 148 Å². The first-order valence-electron chi connectivity index (χ1n) is 8.40. The van der Waals surface area contributed by atoms with Crippen LogP contribution >= 0.6 is 0 Å². The Hall–Kier alpha value is -2.43. The van der Waals surface area contributed by atoms with Gasteiger partial charge in [0.25, 0.3) is 0 Å². The van der Waals surface area contributed by atoms with Crippen LogP contribution in [0.15, 0.2) is 42.5 Å². The second kappa shape index (κ2) is 7.21. The molecular weight excluding hydrogens is 320 g/mol. The Bertz CT molecular complexity index is 684. The molecule has 0 fully saturated rings. The molecule has 1 heterocycles. The van der Waals surface area contributed by atoms with Crippen LogP contribution in [0.25, 0.3) is 0 Å².